The first kappa shape index (κ1) is 16.4. The maximum Gasteiger partial charge on any atom is 0.261 e. The predicted molar refractivity (Wildman–Crippen MR) is 100 cm³/mol. The van der Waals surface area contributed by atoms with Crippen LogP contribution in [0.4, 0.5) is 0 Å². The number of amides is 1. The summed E-state index contributed by atoms with van der Waals surface area (Å²) in [6.07, 6.45) is 4.21. The Hall–Kier alpha value is -2.11. The Labute approximate surface area is 151 Å². The standard InChI is InChI=1S/C20H22N2O2S/c1-14-15-7-2-3-9-18(15)25-19(14)20(23)21-13-16(17-8-6-12-24-17)22-10-4-5-11-22/h2-3,6-9,12,16H,4-5,10-11,13H2,1H3,(H,21,23)/p+1/t16-/m1/s1. The smallest absolute Gasteiger partial charge is 0.261 e. The van der Waals surface area contributed by atoms with Crippen molar-refractivity contribution in [3.05, 3.63) is 58.9 Å². The molecule has 1 fully saturated rings. The zero-order valence-electron chi connectivity index (χ0n) is 14.4. The van der Waals surface area contributed by atoms with Crippen LogP contribution in [0.1, 0.15) is 39.9 Å². The van der Waals surface area contributed by atoms with Crippen LogP contribution in [0, 0.1) is 6.92 Å². The lowest BCUT2D eigenvalue weighted by molar-refractivity contribution is -0.919. The van der Waals surface area contributed by atoms with Crippen molar-refractivity contribution >= 4 is 27.3 Å². The lowest BCUT2D eigenvalue weighted by Crippen LogP contribution is -3.11. The summed E-state index contributed by atoms with van der Waals surface area (Å²) >= 11 is 1.57. The maximum atomic E-state index is 12.8. The number of carbonyl (C=O) groups excluding carboxylic acids is 1. The molecule has 2 aromatic heterocycles. The van der Waals surface area contributed by atoms with Crippen LogP contribution in [0.2, 0.25) is 0 Å². The zero-order valence-corrected chi connectivity index (χ0v) is 15.2. The van der Waals surface area contributed by atoms with E-state index < -0.39 is 0 Å². The first-order valence-corrected chi connectivity index (χ1v) is 9.70. The predicted octanol–water partition coefficient (Wildman–Crippen LogP) is 2.95. The third-order valence-electron chi connectivity index (χ3n) is 5.14. The van der Waals surface area contributed by atoms with E-state index in [0.29, 0.717) is 6.54 Å². The normalized spacial score (nSPS) is 16.4. The summed E-state index contributed by atoms with van der Waals surface area (Å²) in [5.74, 6) is 0.985. The minimum absolute atomic E-state index is 0.0221. The zero-order chi connectivity index (χ0) is 17.2. The van der Waals surface area contributed by atoms with Crippen molar-refractivity contribution in [2.24, 2.45) is 0 Å². The molecule has 25 heavy (non-hydrogen) atoms. The van der Waals surface area contributed by atoms with E-state index in [-0.39, 0.29) is 11.9 Å². The van der Waals surface area contributed by atoms with Gasteiger partial charge in [0.15, 0.2) is 11.8 Å². The molecule has 3 heterocycles. The van der Waals surface area contributed by atoms with Crippen molar-refractivity contribution in [3.8, 4) is 0 Å². The van der Waals surface area contributed by atoms with Gasteiger partial charge >= 0.3 is 0 Å². The molecule has 3 aromatic rings. The Morgan fingerprint density at radius 1 is 1.24 bits per heavy atom. The number of fused-ring (bicyclic) bond motifs is 1. The Bertz CT molecular complexity index is 863. The summed E-state index contributed by atoms with van der Waals surface area (Å²) in [5.41, 5.74) is 1.07. The second-order valence-corrected chi connectivity index (χ2v) is 7.75. The van der Waals surface area contributed by atoms with Gasteiger partial charge in [0.1, 0.15) is 0 Å². The fourth-order valence-electron chi connectivity index (χ4n) is 3.78. The first-order valence-electron chi connectivity index (χ1n) is 8.88. The van der Waals surface area contributed by atoms with Crippen LogP contribution in [0.3, 0.4) is 0 Å². The average Bonchev–Trinajstić information content (AvgIpc) is 3.37. The van der Waals surface area contributed by atoms with Crippen LogP contribution < -0.4 is 10.2 Å². The van der Waals surface area contributed by atoms with Gasteiger partial charge in [-0.05, 0) is 36.1 Å². The summed E-state index contributed by atoms with van der Waals surface area (Å²) in [4.78, 5) is 15.1. The fourth-order valence-corrected chi connectivity index (χ4v) is 4.90. The molecule has 130 valence electrons. The topological polar surface area (TPSA) is 46.7 Å². The number of benzene rings is 1. The number of quaternary nitrogens is 1. The highest BCUT2D eigenvalue weighted by Crippen LogP contribution is 2.30. The van der Waals surface area contributed by atoms with E-state index in [4.69, 9.17) is 4.42 Å². The van der Waals surface area contributed by atoms with Crippen LogP contribution in [0.15, 0.2) is 47.1 Å². The van der Waals surface area contributed by atoms with Crippen LogP contribution >= 0.6 is 11.3 Å². The molecule has 2 N–H and O–H groups in total. The van der Waals surface area contributed by atoms with Gasteiger partial charge in [0.2, 0.25) is 0 Å². The van der Waals surface area contributed by atoms with E-state index in [1.54, 1.807) is 17.6 Å². The molecule has 4 rings (SSSR count). The fraction of sp³-hybridized carbons (Fsp3) is 0.350. The van der Waals surface area contributed by atoms with Crippen molar-refractivity contribution in [2.75, 3.05) is 19.6 Å². The number of hydrogen-bond acceptors (Lipinski definition) is 3. The Kier molecular flexibility index (Phi) is 4.59. The van der Waals surface area contributed by atoms with Gasteiger partial charge in [0.25, 0.3) is 5.91 Å². The molecule has 1 aliphatic heterocycles. The summed E-state index contributed by atoms with van der Waals surface area (Å²) in [6, 6.07) is 12.3. The summed E-state index contributed by atoms with van der Waals surface area (Å²) in [5, 5.41) is 4.33. The minimum Gasteiger partial charge on any atom is -0.463 e. The van der Waals surface area contributed by atoms with E-state index in [1.807, 2.05) is 31.2 Å². The molecule has 0 aliphatic carbocycles. The number of thiophene rings is 1. The highest BCUT2D eigenvalue weighted by Gasteiger charge is 2.30. The van der Waals surface area contributed by atoms with E-state index in [1.165, 1.54) is 23.1 Å². The molecule has 4 nitrogen and oxygen atoms in total. The van der Waals surface area contributed by atoms with Gasteiger partial charge in [-0.15, -0.1) is 11.3 Å². The average molecular weight is 355 g/mol. The summed E-state index contributed by atoms with van der Waals surface area (Å²) < 4.78 is 6.81. The second kappa shape index (κ2) is 7.02. The Morgan fingerprint density at radius 3 is 2.76 bits per heavy atom. The molecule has 0 bridgehead atoms. The third-order valence-corrected chi connectivity index (χ3v) is 6.41. The van der Waals surface area contributed by atoms with E-state index in [0.717, 1.165) is 34.0 Å². The molecule has 0 unspecified atom stereocenters. The van der Waals surface area contributed by atoms with Crippen molar-refractivity contribution in [3.63, 3.8) is 0 Å². The largest absolute Gasteiger partial charge is 0.463 e. The van der Waals surface area contributed by atoms with E-state index >= 15 is 0 Å². The van der Waals surface area contributed by atoms with Crippen molar-refractivity contribution in [2.45, 2.75) is 25.8 Å². The summed E-state index contributed by atoms with van der Waals surface area (Å²) in [7, 11) is 0. The monoisotopic (exact) mass is 355 g/mol. The van der Waals surface area contributed by atoms with E-state index in [9.17, 15) is 4.79 Å². The molecule has 0 saturated carbocycles. The van der Waals surface area contributed by atoms with Crippen molar-refractivity contribution < 1.29 is 14.1 Å². The molecule has 1 aromatic carbocycles. The number of aryl methyl sites for hydroxylation is 1. The SMILES string of the molecule is Cc1c(C(=O)NC[C@H](c2ccco2)[NH+]2CCCC2)sc2ccccc12. The number of carbonyl (C=O) groups is 1. The van der Waals surface area contributed by atoms with E-state index in [2.05, 4.69) is 17.4 Å². The maximum absolute atomic E-state index is 12.8. The van der Waals surface area contributed by atoms with Crippen molar-refractivity contribution in [1.29, 1.82) is 0 Å². The van der Waals surface area contributed by atoms with Crippen molar-refractivity contribution in [1.82, 2.24) is 5.32 Å². The Balaban J connectivity index is 1.52. The number of furan rings is 1. The molecule has 1 amide bonds. The van der Waals surface area contributed by atoms with Crippen LogP contribution in [-0.4, -0.2) is 25.5 Å². The van der Waals surface area contributed by atoms with Gasteiger partial charge in [-0.1, -0.05) is 18.2 Å². The molecule has 1 saturated heterocycles. The van der Waals surface area contributed by atoms with Gasteiger partial charge in [0, 0.05) is 17.5 Å². The van der Waals surface area contributed by atoms with Gasteiger partial charge < -0.3 is 14.6 Å². The van der Waals surface area contributed by atoms with Crippen LogP contribution in [-0.2, 0) is 0 Å². The number of rotatable bonds is 5. The van der Waals surface area contributed by atoms with Gasteiger partial charge in [-0.2, -0.15) is 0 Å². The minimum atomic E-state index is 0.0221. The number of likely N-dealkylation sites (tertiary alicyclic amines) is 1. The molecular formula is C20H23N2O2S+. The third kappa shape index (κ3) is 3.22. The van der Waals surface area contributed by atoms with Gasteiger partial charge in [-0.3, -0.25) is 4.79 Å². The molecule has 0 spiro atoms. The van der Waals surface area contributed by atoms with Gasteiger partial charge in [-0.25, -0.2) is 0 Å². The Morgan fingerprint density at radius 2 is 2.04 bits per heavy atom. The molecule has 5 heteroatoms. The lowest BCUT2D eigenvalue weighted by Gasteiger charge is -2.23. The molecule has 0 radical (unpaired) electrons. The van der Waals surface area contributed by atoms with Gasteiger partial charge in [0.05, 0.1) is 30.8 Å². The lowest BCUT2D eigenvalue weighted by atomic mass is 10.1. The molecule has 1 atom stereocenters. The highest BCUT2D eigenvalue weighted by molar-refractivity contribution is 7.21. The second-order valence-electron chi connectivity index (χ2n) is 6.70. The van der Waals surface area contributed by atoms with Crippen LogP contribution in [0.5, 0.6) is 0 Å². The number of nitrogens with one attached hydrogen (secondary N) is 2. The molecular weight excluding hydrogens is 332 g/mol. The summed E-state index contributed by atoms with van der Waals surface area (Å²) in [6.45, 7) is 4.92. The first-order chi connectivity index (χ1) is 12.2. The number of hydrogen-bond donors (Lipinski definition) is 2. The molecule has 1 aliphatic rings. The quantitative estimate of drug-likeness (QED) is 0.739. The van der Waals surface area contributed by atoms with Crippen LogP contribution in [0.25, 0.3) is 10.1 Å². The highest BCUT2D eigenvalue weighted by atomic mass is 32.1.